The van der Waals surface area contributed by atoms with Gasteiger partial charge in [-0.1, -0.05) is 22.9 Å². The van der Waals surface area contributed by atoms with E-state index in [1.807, 2.05) is 6.92 Å². The minimum absolute atomic E-state index is 0.0913. The topological polar surface area (TPSA) is 15.3 Å². The third-order valence-electron chi connectivity index (χ3n) is 2.98. The Balaban J connectivity index is 2.19. The van der Waals surface area contributed by atoms with Gasteiger partial charge in [0.2, 0.25) is 0 Å². The summed E-state index contributed by atoms with van der Waals surface area (Å²) in [6.07, 6.45) is 0.919. The van der Waals surface area contributed by atoms with Gasteiger partial charge >= 0.3 is 0 Å². The molecule has 0 radical (unpaired) electrons. The molecule has 2 nitrogen and oxygen atoms in total. The Labute approximate surface area is 108 Å². The zero-order valence-electron chi connectivity index (χ0n) is 9.64. The van der Waals surface area contributed by atoms with E-state index in [-0.39, 0.29) is 5.69 Å². The van der Waals surface area contributed by atoms with Crippen molar-refractivity contribution in [2.75, 3.05) is 24.5 Å². The molecule has 1 aliphatic rings. The summed E-state index contributed by atoms with van der Waals surface area (Å²) in [7, 11) is 0. The van der Waals surface area contributed by atoms with Crippen LogP contribution in [0.2, 0.25) is 0 Å². The van der Waals surface area contributed by atoms with Gasteiger partial charge in [0.1, 0.15) is 5.69 Å². The molecule has 1 aliphatic heterocycles. The SMILES string of the molecule is CCNC1CCN(c2c(F)cc(Br)cc2F)C1. The first-order valence-corrected chi connectivity index (χ1v) is 6.54. The van der Waals surface area contributed by atoms with Gasteiger partial charge in [0, 0.05) is 23.6 Å². The van der Waals surface area contributed by atoms with Gasteiger partial charge in [-0.15, -0.1) is 0 Å². The number of nitrogens with zero attached hydrogens (tertiary/aromatic N) is 1. The maximum absolute atomic E-state index is 13.7. The number of likely N-dealkylation sites (N-methyl/N-ethyl adjacent to an activating group) is 1. The molecule has 1 unspecified atom stereocenters. The first-order valence-electron chi connectivity index (χ1n) is 5.74. The van der Waals surface area contributed by atoms with Gasteiger partial charge in [0.25, 0.3) is 0 Å². The summed E-state index contributed by atoms with van der Waals surface area (Å²) in [5.41, 5.74) is 0.0913. The van der Waals surface area contributed by atoms with E-state index >= 15 is 0 Å². The van der Waals surface area contributed by atoms with Gasteiger partial charge in [-0.25, -0.2) is 8.78 Å². The molecule has 0 aromatic heterocycles. The second kappa shape index (κ2) is 5.31. The Hall–Kier alpha value is -0.680. The van der Waals surface area contributed by atoms with Crippen molar-refractivity contribution >= 4 is 21.6 Å². The van der Waals surface area contributed by atoms with E-state index in [2.05, 4.69) is 21.2 Å². The van der Waals surface area contributed by atoms with Crippen molar-refractivity contribution in [3.8, 4) is 0 Å². The summed E-state index contributed by atoms with van der Waals surface area (Å²) < 4.78 is 27.9. The number of anilines is 1. The number of hydrogen-bond acceptors (Lipinski definition) is 2. The summed E-state index contributed by atoms with van der Waals surface area (Å²) >= 11 is 3.08. The van der Waals surface area contributed by atoms with Gasteiger partial charge in [0.15, 0.2) is 11.6 Å². The second-order valence-electron chi connectivity index (χ2n) is 4.21. The molecule has 0 aliphatic carbocycles. The van der Waals surface area contributed by atoms with E-state index in [0.717, 1.165) is 13.0 Å². The highest BCUT2D eigenvalue weighted by molar-refractivity contribution is 9.10. The van der Waals surface area contributed by atoms with E-state index in [1.165, 1.54) is 12.1 Å². The molecule has 1 saturated heterocycles. The highest BCUT2D eigenvalue weighted by Crippen LogP contribution is 2.29. The molecular weight excluding hydrogens is 290 g/mol. The Morgan fingerprint density at radius 1 is 1.41 bits per heavy atom. The summed E-state index contributed by atoms with van der Waals surface area (Å²) in [5, 5.41) is 3.30. The third kappa shape index (κ3) is 2.77. The predicted octanol–water partition coefficient (Wildman–Crippen LogP) is 2.92. The third-order valence-corrected chi connectivity index (χ3v) is 3.44. The van der Waals surface area contributed by atoms with Gasteiger partial charge in [-0.05, 0) is 25.1 Å². The fraction of sp³-hybridized carbons (Fsp3) is 0.500. The normalized spacial score (nSPS) is 20.0. The average molecular weight is 305 g/mol. The zero-order chi connectivity index (χ0) is 12.4. The lowest BCUT2D eigenvalue weighted by Crippen LogP contribution is -2.32. The van der Waals surface area contributed by atoms with Crippen molar-refractivity contribution in [3.63, 3.8) is 0 Å². The van der Waals surface area contributed by atoms with E-state index in [4.69, 9.17) is 0 Å². The molecule has 1 heterocycles. The van der Waals surface area contributed by atoms with Crippen molar-refractivity contribution in [3.05, 3.63) is 28.2 Å². The van der Waals surface area contributed by atoms with Crippen LogP contribution in [-0.2, 0) is 0 Å². The largest absolute Gasteiger partial charge is 0.365 e. The van der Waals surface area contributed by atoms with Crippen LogP contribution in [0.25, 0.3) is 0 Å². The fourth-order valence-corrected chi connectivity index (χ4v) is 2.66. The summed E-state index contributed by atoms with van der Waals surface area (Å²) in [4.78, 5) is 1.77. The quantitative estimate of drug-likeness (QED) is 0.924. The van der Waals surface area contributed by atoms with Crippen molar-refractivity contribution in [1.29, 1.82) is 0 Å². The molecule has 1 N–H and O–H groups in total. The van der Waals surface area contributed by atoms with Crippen LogP contribution in [0.15, 0.2) is 16.6 Å². The molecule has 0 bridgehead atoms. The molecule has 1 atom stereocenters. The highest BCUT2D eigenvalue weighted by Gasteiger charge is 2.26. The molecule has 0 amide bonds. The maximum Gasteiger partial charge on any atom is 0.150 e. The van der Waals surface area contributed by atoms with Crippen LogP contribution in [0.3, 0.4) is 0 Å². The lowest BCUT2D eigenvalue weighted by Gasteiger charge is -2.20. The van der Waals surface area contributed by atoms with Crippen LogP contribution in [0, 0.1) is 11.6 Å². The van der Waals surface area contributed by atoms with Crippen molar-refractivity contribution < 1.29 is 8.78 Å². The van der Waals surface area contributed by atoms with Crippen LogP contribution >= 0.6 is 15.9 Å². The molecule has 1 aromatic carbocycles. The monoisotopic (exact) mass is 304 g/mol. The van der Waals surface area contributed by atoms with Gasteiger partial charge in [-0.3, -0.25) is 0 Å². The van der Waals surface area contributed by atoms with Gasteiger partial charge in [0.05, 0.1) is 0 Å². The number of hydrogen-bond donors (Lipinski definition) is 1. The fourth-order valence-electron chi connectivity index (χ4n) is 2.26. The summed E-state index contributed by atoms with van der Waals surface area (Å²) in [5.74, 6) is -1.01. The lowest BCUT2D eigenvalue weighted by molar-refractivity contribution is 0.561. The second-order valence-corrected chi connectivity index (χ2v) is 5.12. The van der Waals surface area contributed by atoms with Crippen LogP contribution in [0.5, 0.6) is 0 Å². The Morgan fingerprint density at radius 3 is 2.65 bits per heavy atom. The standard InChI is InChI=1S/C12H15BrF2N2/c1-2-16-9-3-4-17(7-9)12-10(14)5-8(13)6-11(12)15/h5-6,9,16H,2-4,7H2,1H3. The molecular formula is C12H15BrF2N2. The molecule has 1 aromatic rings. The molecule has 94 valence electrons. The van der Waals surface area contributed by atoms with Crippen molar-refractivity contribution in [1.82, 2.24) is 5.32 Å². The molecule has 0 saturated carbocycles. The van der Waals surface area contributed by atoms with Crippen molar-refractivity contribution in [2.24, 2.45) is 0 Å². The molecule has 1 fully saturated rings. The van der Waals surface area contributed by atoms with Gasteiger partial charge < -0.3 is 10.2 Å². The van der Waals surface area contributed by atoms with Crippen LogP contribution < -0.4 is 10.2 Å². The highest BCUT2D eigenvalue weighted by atomic mass is 79.9. The van der Waals surface area contributed by atoms with E-state index < -0.39 is 11.6 Å². The first-order chi connectivity index (χ1) is 8.11. The number of halogens is 3. The van der Waals surface area contributed by atoms with E-state index in [9.17, 15) is 8.78 Å². The van der Waals surface area contributed by atoms with Crippen LogP contribution in [-0.4, -0.2) is 25.7 Å². The Morgan fingerprint density at radius 2 is 2.06 bits per heavy atom. The van der Waals surface area contributed by atoms with E-state index in [1.54, 1.807) is 4.90 Å². The minimum Gasteiger partial charge on any atom is -0.365 e. The lowest BCUT2D eigenvalue weighted by atomic mass is 10.2. The number of rotatable bonds is 3. The Bertz CT molecular complexity index is 388. The Kier molecular flexibility index (Phi) is 3.99. The smallest absolute Gasteiger partial charge is 0.150 e. The maximum atomic E-state index is 13.7. The minimum atomic E-state index is -0.506. The van der Waals surface area contributed by atoms with E-state index in [0.29, 0.717) is 23.6 Å². The predicted molar refractivity (Wildman–Crippen MR) is 68.4 cm³/mol. The summed E-state index contributed by atoms with van der Waals surface area (Å²) in [6, 6.07) is 2.93. The molecule has 0 spiro atoms. The van der Waals surface area contributed by atoms with Crippen molar-refractivity contribution in [2.45, 2.75) is 19.4 Å². The van der Waals surface area contributed by atoms with Gasteiger partial charge in [-0.2, -0.15) is 0 Å². The molecule has 5 heteroatoms. The van der Waals surface area contributed by atoms with Crippen LogP contribution in [0.1, 0.15) is 13.3 Å². The van der Waals surface area contributed by atoms with Crippen LogP contribution in [0.4, 0.5) is 14.5 Å². The molecule has 2 rings (SSSR count). The first kappa shape index (κ1) is 12.8. The average Bonchev–Trinajstić information content (AvgIpc) is 2.65. The summed E-state index contributed by atoms with van der Waals surface area (Å²) in [6.45, 7) is 4.25. The number of nitrogens with one attached hydrogen (secondary N) is 1. The molecule has 17 heavy (non-hydrogen) atoms. The zero-order valence-corrected chi connectivity index (χ0v) is 11.2. The number of benzene rings is 1.